The van der Waals surface area contributed by atoms with Crippen molar-refractivity contribution in [3.05, 3.63) is 11.6 Å². The summed E-state index contributed by atoms with van der Waals surface area (Å²) in [5.74, 6) is -0.329. The van der Waals surface area contributed by atoms with Gasteiger partial charge in [-0.05, 0) is 12.8 Å². The van der Waals surface area contributed by atoms with Crippen molar-refractivity contribution in [2.24, 2.45) is 5.92 Å². The number of carbonyl (C=O) groups is 1. The molecule has 1 heterocycles. The molecule has 0 bridgehead atoms. The fourth-order valence-corrected chi connectivity index (χ4v) is 1.17. The van der Waals surface area contributed by atoms with Crippen LogP contribution < -0.4 is 4.74 Å². The predicted molar refractivity (Wildman–Crippen MR) is 57.9 cm³/mol. The molecular weight excluding hydrogens is 210 g/mol. The zero-order valence-corrected chi connectivity index (χ0v) is 9.98. The lowest BCUT2D eigenvalue weighted by atomic mass is 9.98. The van der Waals surface area contributed by atoms with Crippen LogP contribution in [0, 0.1) is 5.92 Å². The van der Waals surface area contributed by atoms with Crippen molar-refractivity contribution in [2.45, 2.75) is 33.6 Å². The average Bonchev–Trinajstić information content (AvgIpc) is 2.61. The second-order valence-electron chi connectivity index (χ2n) is 3.96. The second-order valence-corrected chi connectivity index (χ2v) is 3.96. The molecule has 90 valence electrons. The van der Waals surface area contributed by atoms with Gasteiger partial charge in [0, 0.05) is 5.92 Å². The number of hydrogen-bond donors (Lipinski definition) is 1. The van der Waals surface area contributed by atoms with E-state index in [0.29, 0.717) is 18.4 Å². The van der Waals surface area contributed by atoms with Crippen LogP contribution >= 0.6 is 0 Å². The zero-order valence-electron chi connectivity index (χ0n) is 9.98. The number of oxazole rings is 1. The first-order valence-corrected chi connectivity index (χ1v) is 5.34. The third-order valence-corrected chi connectivity index (χ3v) is 2.48. The topological polar surface area (TPSA) is 72.6 Å². The van der Waals surface area contributed by atoms with E-state index in [2.05, 4.69) is 4.98 Å². The molecule has 1 atom stereocenters. The Morgan fingerprint density at radius 2 is 2.12 bits per heavy atom. The summed E-state index contributed by atoms with van der Waals surface area (Å²) in [4.78, 5) is 14.9. The van der Waals surface area contributed by atoms with E-state index in [4.69, 9.17) is 14.3 Å². The van der Waals surface area contributed by atoms with Crippen molar-refractivity contribution >= 4 is 5.97 Å². The van der Waals surface area contributed by atoms with E-state index in [1.54, 1.807) is 6.92 Å². The Bertz CT molecular complexity index is 370. The molecule has 0 radical (unpaired) electrons. The van der Waals surface area contributed by atoms with Crippen molar-refractivity contribution < 1.29 is 19.1 Å². The van der Waals surface area contributed by atoms with Gasteiger partial charge in [-0.3, -0.25) is 0 Å². The summed E-state index contributed by atoms with van der Waals surface area (Å²) in [6.07, 6.45) is 0. The molecule has 0 aromatic carbocycles. The van der Waals surface area contributed by atoms with Crippen molar-refractivity contribution in [2.75, 3.05) is 6.61 Å². The maximum Gasteiger partial charge on any atom is 0.362 e. The molecule has 1 rings (SSSR count). The van der Waals surface area contributed by atoms with Crippen LogP contribution in [0.25, 0.3) is 0 Å². The van der Waals surface area contributed by atoms with Crippen molar-refractivity contribution in [1.82, 2.24) is 4.98 Å². The SMILES string of the molecule is CCOc1oc(C(C)C(C)C)nc1C(=O)O. The number of rotatable bonds is 5. The molecule has 1 aromatic heterocycles. The van der Waals surface area contributed by atoms with Gasteiger partial charge in [0.25, 0.3) is 0 Å². The summed E-state index contributed by atoms with van der Waals surface area (Å²) in [6.45, 7) is 8.11. The first kappa shape index (κ1) is 12.5. The van der Waals surface area contributed by atoms with Crippen molar-refractivity contribution in [3.8, 4) is 5.95 Å². The van der Waals surface area contributed by atoms with E-state index in [1.165, 1.54) is 0 Å². The molecule has 1 N–H and O–H groups in total. The summed E-state index contributed by atoms with van der Waals surface area (Å²) in [5.41, 5.74) is -0.149. The van der Waals surface area contributed by atoms with Gasteiger partial charge in [0.15, 0.2) is 0 Å². The number of carboxylic acid groups (broad SMARTS) is 1. The molecule has 1 unspecified atom stereocenters. The van der Waals surface area contributed by atoms with Crippen LogP contribution in [0.3, 0.4) is 0 Å². The van der Waals surface area contributed by atoms with Gasteiger partial charge < -0.3 is 14.3 Å². The third kappa shape index (κ3) is 2.53. The Labute approximate surface area is 94.4 Å². The van der Waals surface area contributed by atoms with Crippen molar-refractivity contribution in [3.63, 3.8) is 0 Å². The van der Waals surface area contributed by atoms with Gasteiger partial charge in [-0.25, -0.2) is 9.78 Å². The minimum absolute atomic E-state index is 0.00231. The molecule has 0 fully saturated rings. The second kappa shape index (κ2) is 5.01. The molecule has 5 heteroatoms. The quantitative estimate of drug-likeness (QED) is 0.836. The lowest BCUT2D eigenvalue weighted by Crippen LogP contribution is -2.04. The van der Waals surface area contributed by atoms with Gasteiger partial charge in [0.2, 0.25) is 11.6 Å². The van der Waals surface area contributed by atoms with Gasteiger partial charge in [-0.2, -0.15) is 0 Å². The van der Waals surface area contributed by atoms with Crippen LogP contribution in [-0.4, -0.2) is 22.7 Å². The maximum atomic E-state index is 10.9. The highest BCUT2D eigenvalue weighted by atomic mass is 16.6. The van der Waals surface area contributed by atoms with E-state index < -0.39 is 5.97 Å². The molecule has 0 aliphatic carbocycles. The van der Waals surface area contributed by atoms with E-state index in [-0.39, 0.29) is 17.6 Å². The fourth-order valence-electron chi connectivity index (χ4n) is 1.17. The van der Waals surface area contributed by atoms with Crippen LogP contribution in [0.1, 0.15) is 50.0 Å². The Balaban J connectivity index is 3.05. The Kier molecular flexibility index (Phi) is 3.93. The van der Waals surface area contributed by atoms with Gasteiger partial charge in [-0.1, -0.05) is 20.8 Å². The van der Waals surface area contributed by atoms with Crippen LogP contribution in [-0.2, 0) is 0 Å². The summed E-state index contributed by atoms with van der Waals surface area (Å²) in [6, 6.07) is 0. The number of ether oxygens (including phenoxy) is 1. The van der Waals surface area contributed by atoms with Gasteiger partial charge in [0.1, 0.15) is 0 Å². The minimum Gasteiger partial charge on any atom is -0.476 e. The number of aromatic carboxylic acids is 1. The molecule has 0 aliphatic rings. The third-order valence-electron chi connectivity index (χ3n) is 2.48. The largest absolute Gasteiger partial charge is 0.476 e. The molecule has 1 aromatic rings. The minimum atomic E-state index is -1.13. The zero-order chi connectivity index (χ0) is 12.3. The van der Waals surface area contributed by atoms with Crippen molar-refractivity contribution in [1.29, 1.82) is 0 Å². The van der Waals surface area contributed by atoms with Gasteiger partial charge in [-0.15, -0.1) is 0 Å². The first-order valence-electron chi connectivity index (χ1n) is 5.34. The molecule has 0 amide bonds. The molecule has 0 aliphatic heterocycles. The average molecular weight is 227 g/mol. The highest BCUT2D eigenvalue weighted by Gasteiger charge is 2.24. The Hall–Kier alpha value is -1.52. The number of hydrogen-bond acceptors (Lipinski definition) is 4. The molecule has 5 nitrogen and oxygen atoms in total. The number of aromatic nitrogens is 1. The molecule has 0 spiro atoms. The fraction of sp³-hybridized carbons (Fsp3) is 0.636. The molecule has 0 saturated carbocycles. The summed E-state index contributed by atoms with van der Waals surface area (Å²) in [5, 5.41) is 8.92. The summed E-state index contributed by atoms with van der Waals surface area (Å²) in [7, 11) is 0. The number of carboxylic acids is 1. The van der Waals surface area contributed by atoms with Crippen LogP contribution in [0.15, 0.2) is 4.42 Å². The predicted octanol–water partition coefficient (Wildman–Crippen LogP) is 2.53. The summed E-state index contributed by atoms with van der Waals surface area (Å²) < 4.78 is 10.4. The molecule has 16 heavy (non-hydrogen) atoms. The Morgan fingerprint density at radius 3 is 2.56 bits per heavy atom. The van der Waals surface area contributed by atoms with E-state index in [0.717, 1.165) is 0 Å². The normalized spacial score (nSPS) is 12.8. The Morgan fingerprint density at radius 1 is 1.50 bits per heavy atom. The standard InChI is InChI=1S/C11H17NO4/c1-5-15-11-8(10(13)14)12-9(16-11)7(4)6(2)3/h6-7H,5H2,1-4H3,(H,13,14). The number of nitrogens with zero attached hydrogens (tertiary/aromatic N) is 1. The first-order chi connectivity index (χ1) is 7.47. The lowest BCUT2D eigenvalue weighted by molar-refractivity contribution is 0.0683. The smallest absolute Gasteiger partial charge is 0.362 e. The lowest BCUT2D eigenvalue weighted by Gasteiger charge is -2.10. The van der Waals surface area contributed by atoms with Gasteiger partial charge >= 0.3 is 11.9 Å². The monoisotopic (exact) mass is 227 g/mol. The van der Waals surface area contributed by atoms with Crippen LogP contribution in [0.4, 0.5) is 0 Å². The van der Waals surface area contributed by atoms with Gasteiger partial charge in [0.05, 0.1) is 6.61 Å². The van der Waals surface area contributed by atoms with E-state index >= 15 is 0 Å². The van der Waals surface area contributed by atoms with Crippen LogP contribution in [0.2, 0.25) is 0 Å². The van der Waals surface area contributed by atoms with E-state index in [1.807, 2.05) is 20.8 Å². The highest BCUT2D eigenvalue weighted by Crippen LogP contribution is 2.29. The summed E-state index contributed by atoms with van der Waals surface area (Å²) >= 11 is 0. The van der Waals surface area contributed by atoms with E-state index in [9.17, 15) is 4.79 Å². The molecular formula is C11H17NO4. The van der Waals surface area contributed by atoms with Crippen LogP contribution in [0.5, 0.6) is 5.95 Å². The molecule has 0 saturated heterocycles. The maximum absolute atomic E-state index is 10.9. The highest BCUT2D eigenvalue weighted by molar-refractivity contribution is 5.87.